The topological polar surface area (TPSA) is 52.3 Å². The second-order valence-electron chi connectivity index (χ2n) is 6.76. The van der Waals surface area contributed by atoms with Gasteiger partial charge in [0.25, 0.3) is 0 Å². The maximum Gasteiger partial charge on any atom is 0.314 e. The third-order valence-electron chi connectivity index (χ3n) is 4.85. The molecule has 1 aliphatic carbocycles. The van der Waals surface area contributed by atoms with E-state index in [2.05, 4.69) is 5.16 Å². The van der Waals surface area contributed by atoms with Crippen LogP contribution in [0.5, 0.6) is 5.75 Å². The Bertz CT molecular complexity index is 991. The minimum Gasteiger partial charge on any atom is -0.426 e. The van der Waals surface area contributed by atoms with Crippen LogP contribution in [0.15, 0.2) is 47.0 Å². The minimum absolute atomic E-state index is 0.228. The van der Waals surface area contributed by atoms with Gasteiger partial charge in [0, 0.05) is 11.5 Å². The zero-order valence-corrected chi connectivity index (χ0v) is 14.8. The Labute approximate surface area is 154 Å². The molecule has 0 bridgehead atoms. The summed E-state index contributed by atoms with van der Waals surface area (Å²) in [4.78, 5) is 12.3. The molecule has 138 valence electrons. The van der Waals surface area contributed by atoms with Crippen molar-refractivity contribution in [1.29, 1.82) is 0 Å². The molecule has 2 atom stereocenters. The number of aryl methyl sites for hydroxylation is 2. The van der Waals surface area contributed by atoms with E-state index in [1.165, 1.54) is 0 Å². The quantitative estimate of drug-likeness (QED) is 0.483. The molecule has 3 aromatic rings. The number of hydrogen-bond donors (Lipinski definition) is 0. The van der Waals surface area contributed by atoms with Gasteiger partial charge in [0.05, 0.1) is 11.6 Å². The lowest BCUT2D eigenvalue weighted by Gasteiger charge is -2.06. The van der Waals surface area contributed by atoms with Crippen molar-refractivity contribution in [2.24, 2.45) is 5.92 Å². The van der Waals surface area contributed by atoms with Crippen LogP contribution in [0.2, 0.25) is 0 Å². The third-order valence-corrected chi connectivity index (χ3v) is 4.85. The highest BCUT2D eigenvalue weighted by atomic mass is 19.1. The third kappa shape index (κ3) is 3.35. The summed E-state index contributed by atoms with van der Waals surface area (Å²) in [6.45, 7) is 3.70. The van der Waals surface area contributed by atoms with Crippen LogP contribution in [0.3, 0.4) is 0 Å². The summed E-state index contributed by atoms with van der Waals surface area (Å²) in [5.74, 6) is -1.12. The molecule has 2 unspecified atom stereocenters. The number of halogens is 2. The number of benzene rings is 2. The number of esters is 1. The van der Waals surface area contributed by atoms with E-state index in [9.17, 15) is 13.6 Å². The second kappa shape index (κ2) is 6.61. The summed E-state index contributed by atoms with van der Waals surface area (Å²) >= 11 is 0. The van der Waals surface area contributed by atoms with Crippen LogP contribution in [-0.2, 0) is 4.79 Å². The highest BCUT2D eigenvalue weighted by molar-refractivity contribution is 5.80. The van der Waals surface area contributed by atoms with E-state index in [-0.39, 0.29) is 11.5 Å². The van der Waals surface area contributed by atoms with E-state index >= 15 is 0 Å². The van der Waals surface area contributed by atoms with Crippen molar-refractivity contribution in [3.05, 3.63) is 71.1 Å². The van der Waals surface area contributed by atoms with Crippen LogP contribution in [0.1, 0.15) is 29.4 Å². The molecular weight excluding hydrogens is 352 g/mol. The summed E-state index contributed by atoms with van der Waals surface area (Å²) < 4.78 is 37.7. The average Bonchev–Trinajstić information content (AvgIpc) is 3.37. The first-order valence-electron chi connectivity index (χ1n) is 8.64. The van der Waals surface area contributed by atoms with E-state index in [0.717, 1.165) is 40.8 Å². The Kier molecular flexibility index (Phi) is 4.26. The molecule has 1 fully saturated rings. The molecule has 0 N–H and O–H groups in total. The Hall–Kier alpha value is -3.02. The molecule has 0 radical (unpaired) electrons. The molecular formula is C21H17F2NO3. The molecule has 0 spiro atoms. The molecule has 1 heterocycles. The Morgan fingerprint density at radius 2 is 1.89 bits per heavy atom. The molecule has 27 heavy (non-hydrogen) atoms. The van der Waals surface area contributed by atoms with Crippen molar-refractivity contribution < 1.29 is 22.8 Å². The van der Waals surface area contributed by atoms with Crippen molar-refractivity contribution in [1.82, 2.24) is 5.16 Å². The molecule has 1 aromatic heterocycles. The SMILES string of the molecule is Cc1noc(C)c1-c1ccc(OC(=O)C2CC2c2cc(F)ccc2F)cc1. The molecule has 4 rings (SSSR count). The minimum atomic E-state index is -0.514. The van der Waals surface area contributed by atoms with Crippen LogP contribution in [0.4, 0.5) is 8.78 Å². The lowest BCUT2D eigenvalue weighted by molar-refractivity contribution is -0.135. The maximum atomic E-state index is 13.8. The van der Waals surface area contributed by atoms with Gasteiger partial charge in [-0.05, 0) is 61.7 Å². The average molecular weight is 369 g/mol. The van der Waals surface area contributed by atoms with Crippen LogP contribution in [-0.4, -0.2) is 11.1 Å². The second-order valence-corrected chi connectivity index (χ2v) is 6.76. The monoisotopic (exact) mass is 369 g/mol. The van der Waals surface area contributed by atoms with Gasteiger partial charge in [0.2, 0.25) is 0 Å². The number of ether oxygens (including phenoxy) is 1. The summed E-state index contributed by atoms with van der Waals surface area (Å²) in [7, 11) is 0. The van der Waals surface area contributed by atoms with Crippen molar-refractivity contribution in [3.63, 3.8) is 0 Å². The van der Waals surface area contributed by atoms with E-state index < -0.39 is 23.5 Å². The van der Waals surface area contributed by atoms with Gasteiger partial charge in [-0.15, -0.1) is 0 Å². The first-order chi connectivity index (χ1) is 12.9. The summed E-state index contributed by atoms with van der Waals surface area (Å²) in [6.07, 6.45) is 0.455. The maximum absolute atomic E-state index is 13.8. The van der Waals surface area contributed by atoms with Gasteiger partial charge in [-0.2, -0.15) is 0 Å². The van der Waals surface area contributed by atoms with Crippen LogP contribution in [0, 0.1) is 31.4 Å². The number of nitrogens with zero attached hydrogens (tertiary/aromatic N) is 1. The zero-order chi connectivity index (χ0) is 19.1. The van der Waals surface area contributed by atoms with Gasteiger partial charge in [0.15, 0.2) is 0 Å². The normalized spacial score (nSPS) is 18.4. The Morgan fingerprint density at radius 3 is 2.56 bits per heavy atom. The molecule has 1 saturated carbocycles. The van der Waals surface area contributed by atoms with E-state index in [0.29, 0.717) is 12.2 Å². The van der Waals surface area contributed by atoms with Gasteiger partial charge in [-0.3, -0.25) is 4.79 Å². The number of hydrogen-bond acceptors (Lipinski definition) is 4. The van der Waals surface area contributed by atoms with Crippen molar-refractivity contribution in [3.8, 4) is 16.9 Å². The highest BCUT2D eigenvalue weighted by Crippen LogP contribution is 2.49. The number of carbonyl (C=O) groups excluding carboxylic acids is 1. The first kappa shape index (κ1) is 17.4. The fraction of sp³-hybridized carbons (Fsp3) is 0.238. The van der Waals surface area contributed by atoms with Crippen molar-refractivity contribution >= 4 is 5.97 Å². The molecule has 2 aromatic carbocycles. The van der Waals surface area contributed by atoms with Gasteiger partial charge in [-0.25, -0.2) is 8.78 Å². The molecule has 6 heteroatoms. The van der Waals surface area contributed by atoms with Gasteiger partial charge in [0.1, 0.15) is 23.1 Å². The molecule has 0 saturated heterocycles. The van der Waals surface area contributed by atoms with Crippen LogP contribution in [0.25, 0.3) is 11.1 Å². The predicted molar refractivity (Wildman–Crippen MR) is 94.3 cm³/mol. The van der Waals surface area contributed by atoms with E-state index in [4.69, 9.17) is 9.26 Å². The number of aromatic nitrogens is 1. The zero-order valence-electron chi connectivity index (χ0n) is 14.8. The fourth-order valence-electron chi connectivity index (χ4n) is 3.37. The van der Waals surface area contributed by atoms with E-state index in [1.807, 2.05) is 26.0 Å². The predicted octanol–water partition coefficient (Wildman–Crippen LogP) is 4.95. The standard InChI is InChI=1S/C21H17F2NO3/c1-11-20(12(2)27-24-11)13-3-6-15(7-4-13)26-21(25)18-10-16(18)17-9-14(22)5-8-19(17)23/h3-9,16,18H,10H2,1-2H3. The number of carbonyl (C=O) groups is 1. The van der Waals surface area contributed by atoms with Crippen LogP contribution < -0.4 is 4.74 Å². The summed E-state index contributed by atoms with van der Waals surface area (Å²) in [6, 6.07) is 10.3. The lowest BCUT2D eigenvalue weighted by atomic mass is 10.0. The Balaban J connectivity index is 1.44. The van der Waals surface area contributed by atoms with Gasteiger partial charge in [-0.1, -0.05) is 17.3 Å². The molecule has 0 aliphatic heterocycles. The van der Waals surface area contributed by atoms with Crippen molar-refractivity contribution in [2.75, 3.05) is 0 Å². The summed E-state index contributed by atoms with van der Waals surface area (Å²) in [5.41, 5.74) is 2.84. The van der Waals surface area contributed by atoms with Gasteiger partial charge >= 0.3 is 5.97 Å². The molecule has 0 amide bonds. The Morgan fingerprint density at radius 1 is 1.15 bits per heavy atom. The smallest absolute Gasteiger partial charge is 0.314 e. The summed E-state index contributed by atoms with van der Waals surface area (Å²) in [5, 5.41) is 3.93. The van der Waals surface area contributed by atoms with Crippen molar-refractivity contribution in [2.45, 2.75) is 26.2 Å². The molecule has 1 aliphatic rings. The van der Waals surface area contributed by atoms with Gasteiger partial charge < -0.3 is 9.26 Å². The van der Waals surface area contributed by atoms with E-state index in [1.54, 1.807) is 12.1 Å². The first-order valence-corrected chi connectivity index (χ1v) is 8.64. The van der Waals surface area contributed by atoms with Crippen LogP contribution >= 0.6 is 0 Å². The fourth-order valence-corrected chi connectivity index (χ4v) is 3.37. The lowest BCUT2D eigenvalue weighted by Crippen LogP contribution is -2.11. The number of rotatable bonds is 4. The largest absolute Gasteiger partial charge is 0.426 e. The highest BCUT2D eigenvalue weighted by Gasteiger charge is 2.46. The molecule has 4 nitrogen and oxygen atoms in total.